The molecule has 1 N–H and O–H groups in total. The number of hydrogen-bond donors (Lipinski definition) is 1. The number of hydrogen-bond acceptors (Lipinski definition) is 7. The molecule has 2 aromatic carbocycles. The number of aromatic nitrogens is 3. The van der Waals surface area contributed by atoms with E-state index in [2.05, 4.69) is 21.0 Å². The van der Waals surface area contributed by atoms with Gasteiger partial charge >= 0.3 is 0 Å². The molecule has 4 rings (SSSR count). The van der Waals surface area contributed by atoms with E-state index in [1.165, 1.54) is 12.1 Å². The smallest absolute Gasteiger partial charge is 0.287 e. The van der Waals surface area contributed by atoms with E-state index in [1.54, 1.807) is 24.3 Å². The summed E-state index contributed by atoms with van der Waals surface area (Å²) < 4.78 is 11.4. The summed E-state index contributed by atoms with van der Waals surface area (Å²) in [5.74, 6) is 1.51. The molecular formula is C23H17N5O4. The van der Waals surface area contributed by atoms with E-state index in [-0.39, 0.29) is 11.6 Å². The van der Waals surface area contributed by atoms with Crippen molar-refractivity contribution in [3.8, 4) is 23.4 Å². The fraction of sp³-hybridized carbons (Fsp3) is 0.0870. The molecule has 0 radical (unpaired) electrons. The van der Waals surface area contributed by atoms with Crippen molar-refractivity contribution < 1.29 is 14.4 Å². The topological polar surface area (TPSA) is 127 Å². The molecule has 0 unspecified atom stereocenters. The maximum atomic E-state index is 10.8. The standard InChI is InChI=1S/C23H17N5O4/c1-2-31-21-12-15(7-9-20(21)32-22-10-8-17(14-25-22)28(29)30)11-16(13-24)23-26-18-5-3-4-6-19(18)27-23/h3-12,14H,2H2,1H3,(H,26,27). The van der Waals surface area contributed by atoms with Crippen LogP contribution in [0.25, 0.3) is 22.7 Å². The van der Waals surface area contributed by atoms with Crippen LogP contribution in [-0.2, 0) is 0 Å². The summed E-state index contributed by atoms with van der Waals surface area (Å²) in [4.78, 5) is 21.8. The largest absolute Gasteiger partial charge is 0.490 e. The first-order chi connectivity index (χ1) is 15.6. The molecule has 158 valence electrons. The average Bonchev–Trinajstić information content (AvgIpc) is 3.23. The average molecular weight is 427 g/mol. The van der Waals surface area contributed by atoms with Crippen molar-refractivity contribution in [3.05, 3.63) is 82.3 Å². The van der Waals surface area contributed by atoms with Crippen LogP contribution in [0.3, 0.4) is 0 Å². The van der Waals surface area contributed by atoms with Gasteiger partial charge in [0.05, 0.1) is 28.1 Å². The van der Waals surface area contributed by atoms with Gasteiger partial charge in [-0.15, -0.1) is 0 Å². The highest BCUT2D eigenvalue weighted by atomic mass is 16.6. The zero-order valence-corrected chi connectivity index (χ0v) is 17.0. The number of nitriles is 1. The SMILES string of the molecule is CCOc1cc(C=C(C#N)c2nc3ccccc3[nH]2)ccc1Oc1ccc([N+](=O)[O-])cn1. The fourth-order valence-electron chi connectivity index (χ4n) is 3.02. The molecule has 0 aliphatic carbocycles. The second kappa shape index (κ2) is 8.97. The molecule has 0 fully saturated rings. The number of nitro groups is 1. The molecule has 9 heteroatoms. The third-order valence-corrected chi connectivity index (χ3v) is 4.49. The molecule has 0 spiro atoms. The van der Waals surface area contributed by atoms with Crippen molar-refractivity contribution in [2.45, 2.75) is 6.92 Å². The van der Waals surface area contributed by atoms with Gasteiger partial charge in [-0.25, -0.2) is 9.97 Å². The van der Waals surface area contributed by atoms with Crippen LogP contribution in [-0.4, -0.2) is 26.5 Å². The van der Waals surface area contributed by atoms with Crippen LogP contribution in [0.1, 0.15) is 18.3 Å². The van der Waals surface area contributed by atoms with Crippen molar-refractivity contribution in [1.29, 1.82) is 5.26 Å². The second-order valence-electron chi connectivity index (χ2n) is 6.63. The number of nitrogens with one attached hydrogen (secondary N) is 1. The molecule has 4 aromatic rings. The van der Waals surface area contributed by atoms with Gasteiger partial charge in [-0.3, -0.25) is 10.1 Å². The van der Waals surface area contributed by atoms with Gasteiger partial charge in [-0.2, -0.15) is 5.26 Å². The summed E-state index contributed by atoms with van der Waals surface area (Å²) in [5.41, 5.74) is 2.58. The van der Waals surface area contributed by atoms with E-state index in [0.717, 1.165) is 22.8 Å². The van der Waals surface area contributed by atoms with Gasteiger partial charge in [0.1, 0.15) is 18.1 Å². The van der Waals surface area contributed by atoms with Crippen LogP contribution in [0.15, 0.2) is 60.8 Å². The van der Waals surface area contributed by atoms with Crippen LogP contribution in [0, 0.1) is 21.4 Å². The predicted molar refractivity (Wildman–Crippen MR) is 118 cm³/mol. The molecule has 0 saturated carbocycles. The molecule has 0 aliphatic heterocycles. The molecule has 32 heavy (non-hydrogen) atoms. The van der Waals surface area contributed by atoms with E-state index in [1.807, 2.05) is 31.2 Å². The Morgan fingerprint density at radius 2 is 2.06 bits per heavy atom. The lowest BCUT2D eigenvalue weighted by atomic mass is 10.1. The Hall–Kier alpha value is -4.71. The molecular weight excluding hydrogens is 410 g/mol. The summed E-state index contributed by atoms with van der Waals surface area (Å²) in [5, 5.41) is 20.4. The Bertz CT molecular complexity index is 1320. The Morgan fingerprint density at radius 1 is 1.22 bits per heavy atom. The molecule has 9 nitrogen and oxygen atoms in total. The lowest BCUT2D eigenvalue weighted by Gasteiger charge is -2.11. The van der Waals surface area contributed by atoms with E-state index in [0.29, 0.717) is 29.5 Å². The zero-order chi connectivity index (χ0) is 22.5. The summed E-state index contributed by atoms with van der Waals surface area (Å²) in [6, 6.07) is 17.6. The number of para-hydroxylation sites is 2. The normalized spacial score (nSPS) is 11.2. The Labute approximate surface area is 182 Å². The van der Waals surface area contributed by atoms with Crippen molar-refractivity contribution in [3.63, 3.8) is 0 Å². The molecule has 0 aliphatic rings. The zero-order valence-electron chi connectivity index (χ0n) is 17.0. The first-order valence-electron chi connectivity index (χ1n) is 9.69. The van der Waals surface area contributed by atoms with Gasteiger partial charge < -0.3 is 14.5 Å². The van der Waals surface area contributed by atoms with Crippen LogP contribution in [0.4, 0.5) is 5.69 Å². The van der Waals surface area contributed by atoms with Crippen molar-refractivity contribution in [2.24, 2.45) is 0 Å². The highest BCUT2D eigenvalue weighted by molar-refractivity contribution is 5.90. The molecule has 0 atom stereocenters. The van der Waals surface area contributed by atoms with E-state index in [9.17, 15) is 15.4 Å². The summed E-state index contributed by atoms with van der Waals surface area (Å²) >= 11 is 0. The summed E-state index contributed by atoms with van der Waals surface area (Å²) in [7, 11) is 0. The fourth-order valence-corrected chi connectivity index (χ4v) is 3.02. The second-order valence-corrected chi connectivity index (χ2v) is 6.63. The third kappa shape index (κ3) is 4.39. The van der Waals surface area contributed by atoms with E-state index < -0.39 is 4.92 Å². The van der Waals surface area contributed by atoms with E-state index in [4.69, 9.17) is 9.47 Å². The first kappa shape index (κ1) is 20.6. The highest BCUT2D eigenvalue weighted by Gasteiger charge is 2.12. The summed E-state index contributed by atoms with van der Waals surface area (Å²) in [6.07, 6.45) is 2.83. The van der Waals surface area contributed by atoms with Crippen molar-refractivity contribution in [1.82, 2.24) is 15.0 Å². The van der Waals surface area contributed by atoms with Gasteiger partial charge in [0, 0.05) is 12.1 Å². The van der Waals surface area contributed by atoms with Crippen LogP contribution >= 0.6 is 0 Å². The third-order valence-electron chi connectivity index (χ3n) is 4.49. The number of imidazole rings is 1. The first-order valence-corrected chi connectivity index (χ1v) is 9.69. The lowest BCUT2D eigenvalue weighted by molar-refractivity contribution is -0.385. The van der Waals surface area contributed by atoms with Gasteiger partial charge in [-0.1, -0.05) is 18.2 Å². The quantitative estimate of drug-likeness (QED) is 0.246. The highest BCUT2D eigenvalue weighted by Crippen LogP contribution is 2.33. The van der Waals surface area contributed by atoms with Crippen LogP contribution in [0.2, 0.25) is 0 Å². The number of rotatable bonds is 7. The minimum atomic E-state index is -0.529. The number of nitrogens with zero attached hydrogens (tertiary/aromatic N) is 4. The number of fused-ring (bicyclic) bond motifs is 1. The molecule has 0 bridgehead atoms. The maximum absolute atomic E-state index is 10.8. The summed E-state index contributed by atoms with van der Waals surface area (Å²) in [6.45, 7) is 2.23. The van der Waals surface area contributed by atoms with Crippen molar-refractivity contribution in [2.75, 3.05) is 6.61 Å². The Morgan fingerprint density at radius 3 is 2.75 bits per heavy atom. The number of ether oxygens (including phenoxy) is 2. The van der Waals surface area contributed by atoms with Gasteiger partial charge in [0.25, 0.3) is 5.69 Å². The molecule has 2 aromatic heterocycles. The molecule has 0 amide bonds. The monoisotopic (exact) mass is 427 g/mol. The lowest BCUT2D eigenvalue weighted by Crippen LogP contribution is -1.97. The van der Waals surface area contributed by atoms with Gasteiger partial charge in [-0.05, 0) is 42.8 Å². The molecule has 0 saturated heterocycles. The molecule has 2 heterocycles. The van der Waals surface area contributed by atoms with Crippen LogP contribution < -0.4 is 9.47 Å². The predicted octanol–water partition coefficient (Wildman–Crippen LogP) is 5.12. The number of benzene rings is 2. The number of H-pyrrole nitrogens is 1. The minimum absolute atomic E-state index is 0.127. The van der Waals surface area contributed by atoms with Crippen LogP contribution in [0.5, 0.6) is 17.4 Å². The van der Waals surface area contributed by atoms with Crippen molar-refractivity contribution >= 4 is 28.4 Å². The number of allylic oxidation sites excluding steroid dienone is 1. The maximum Gasteiger partial charge on any atom is 0.287 e. The van der Waals surface area contributed by atoms with E-state index >= 15 is 0 Å². The number of pyridine rings is 1. The number of aromatic amines is 1. The Balaban J connectivity index is 1.64. The van der Waals surface area contributed by atoms with Gasteiger partial charge in [0.2, 0.25) is 5.88 Å². The minimum Gasteiger partial charge on any atom is -0.490 e. The Kier molecular flexibility index (Phi) is 5.76. The van der Waals surface area contributed by atoms with Gasteiger partial charge in [0.15, 0.2) is 11.5 Å².